The van der Waals surface area contributed by atoms with Gasteiger partial charge in [-0.1, -0.05) is 68.3 Å². The van der Waals surface area contributed by atoms with Gasteiger partial charge >= 0.3 is 0 Å². The number of aliphatic hydroxyl groups excluding tert-OH is 1. The molecule has 198 valence electrons. The lowest BCUT2D eigenvalue weighted by Crippen LogP contribution is -2.29. The fourth-order valence-electron chi connectivity index (χ4n) is 4.74. The van der Waals surface area contributed by atoms with Crippen molar-refractivity contribution < 1.29 is 24.2 Å². The molecule has 0 aliphatic carbocycles. The van der Waals surface area contributed by atoms with Crippen LogP contribution < -0.4 is 14.4 Å². The van der Waals surface area contributed by atoms with Crippen molar-refractivity contribution in [1.29, 1.82) is 0 Å². The van der Waals surface area contributed by atoms with Gasteiger partial charge < -0.3 is 14.6 Å². The lowest BCUT2D eigenvalue weighted by molar-refractivity contribution is -0.132. The van der Waals surface area contributed by atoms with Crippen LogP contribution >= 0.6 is 11.6 Å². The van der Waals surface area contributed by atoms with Crippen molar-refractivity contribution in [2.45, 2.75) is 45.6 Å². The number of methoxy groups -OCH3 is 2. The van der Waals surface area contributed by atoms with Crippen LogP contribution in [0.2, 0.25) is 5.02 Å². The van der Waals surface area contributed by atoms with Crippen LogP contribution in [0.25, 0.3) is 5.76 Å². The number of carbonyl (C=O) groups is 2. The Hall–Kier alpha value is -3.77. The highest BCUT2D eigenvalue weighted by Crippen LogP contribution is 2.44. The molecule has 0 bridgehead atoms. The normalized spacial score (nSPS) is 16.7. The molecule has 6 nitrogen and oxygen atoms in total. The van der Waals surface area contributed by atoms with Crippen molar-refractivity contribution >= 4 is 34.7 Å². The van der Waals surface area contributed by atoms with Crippen LogP contribution in [0.15, 0.2) is 66.2 Å². The fraction of sp³-hybridized carbons (Fsp3) is 0.290. The Kier molecular flexibility index (Phi) is 8.42. The van der Waals surface area contributed by atoms with Crippen molar-refractivity contribution in [3.8, 4) is 11.5 Å². The second-order valence-electron chi connectivity index (χ2n) is 9.22. The van der Waals surface area contributed by atoms with E-state index in [0.29, 0.717) is 17.0 Å². The number of ether oxygens (including phenoxy) is 2. The van der Waals surface area contributed by atoms with E-state index < -0.39 is 17.7 Å². The van der Waals surface area contributed by atoms with E-state index in [1.54, 1.807) is 0 Å². The van der Waals surface area contributed by atoms with Gasteiger partial charge in [0, 0.05) is 11.8 Å². The van der Waals surface area contributed by atoms with Crippen LogP contribution in [0.1, 0.15) is 55.0 Å². The van der Waals surface area contributed by atoms with Crippen LogP contribution in [0.5, 0.6) is 11.5 Å². The topological polar surface area (TPSA) is 76.1 Å². The van der Waals surface area contributed by atoms with Crippen LogP contribution in [0.3, 0.4) is 0 Å². The first kappa shape index (κ1) is 27.3. The van der Waals surface area contributed by atoms with Gasteiger partial charge in [0.2, 0.25) is 0 Å². The first-order chi connectivity index (χ1) is 18.3. The third kappa shape index (κ3) is 5.14. The Labute approximate surface area is 228 Å². The average molecular weight is 534 g/mol. The summed E-state index contributed by atoms with van der Waals surface area (Å²) >= 11 is 6.36. The molecule has 1 aliphatic heterocycles. The smallest absolute Gasteiger partial charge is 0.300 e. The van der Waals surface area contributed by atoms with E-state index in [0.717, 1.165) is 36.8 Å². The summed E-state index contributed by atoms with van der Waals surface area (Å²) < 4.78 is 10.7. The Bertz CT molecular complexity index is 1360. The molecular formula is C31H32ClNO5. The maximum absolute atomic E-state index is 13.5. The Balaban J connectivity index is 1.90. The lowest BCUT2D eigenvalue weighted by Gasteiger charge is -2.26. The molecule has 3 aromatic rings. The molecule has 4 rings (SSSR count). The van der Waals surface area contributed by atoms with Crippen LogP contribution in [-0.2, 0) is 22.4 Å². The van der Waals surface area contributed by atoms with Crippen LogP contribution in [0.4, 0.5) is 5.69 Å². The van der Waals surface area contributed by atoms with Gasteiger partial charge in [0.1, 0.15) is 17.3 Å². The monoisotopic (exact) mass is 533 g/mol. The highest BCUT2D eigenvalue weighted by molar-refractivity contribution is 6.51. The molecule has 1 heterocycles. The zero-order chi connectivity index (χ0) is 27.4. The molecule has 0 saturated carbocycles. The van der Waals surface area contributed by atoms with Gasteiger partial charge in [0.05, 0.1) is 36.4 Å². The number of hydrogen-bond acceptors (Lipinski definition) is 5. The molecule has 7 heteroatoms. The van der Waals surface area contributed by atoms with E-state index in [1.165, 1.54) is 31.3 Å². The number of nitrogens with zero attached hydrogens (tertiary/aromatic N) is 1. The second-order valence-corrected chi connectivity index (χ2v) is 9.63. The van der Waals surface area contributed by atoms with E-state index in [-0.39, 0.29) is 27.7 Å². The van der Waals surface area contributed by atoms with Gasteiger partial charge in [0.15, 0.2) is 0 Å². The second kappa shape index (κ2) is 11.7. The van der Waals surface area contributed by atoms with Gasteiger partial charge in [-0.15, -0.1) is 0 Å². The quantitative estimate of drug-likeness (QED) is 0.184. The van der Waals surface area contributed by atoms with Crippen molar-refractivity contribution in [2.75, 3.05) is 19.1 Å². The van der Waals surface area contributed by atoms with Crippen molar-refractivity contribution in [3.63, 3.8) is 0 Å². The molecule has 3 aromatic carbocycles. The third-order valence-corrected chi connectivity index (χ3v) is 7.21. The summed E-state index contributed by atoms with van der Waals surface area (Å²) in [4.78, 5) is 28.5. The minimum Gasteiger partial charge on any atom is -0.507 e. The van der Waals surface area contributed by atoms with Gasteiger partial charge in [-0.05, 0) is 54.2 Å². The molecule has 38 heavy (non-hydrogen) atoms. The maximum Gasteiger partial charge on any atom is 0.300 e. The van der Waals surface area contributed by atoms with Gasteiger partial charge in [-0.2, -0.15) is 0 Å². The van der Waals surface area contributed by atoms with E-state index in [1.807, 2.05) is 48.5 Å². The number of Topliss-reactive ketones (excluding diaryl/α,β-unsaturated/α-hetero) is 1. The van der Waals surface area contributed by atoms with Crippen molar-refractivity contribution in [3.05, 3.63) is 93.5 Å². The number of aryl methyl sites for hydroxylation is 2. The standard InChI is InChI=1S/C31H32ClNO5/c1-5-7-8-20-11-15-22(16-12-20)33-28(21-13-9-19(6-2)10-14-21)27(30(35)31(33)36)29(34)23-17-24(32)26(38-4)18-25(23)37-3/h9-18,28,34H,5-8H2,1-4H3/b29-27+. The molecule has 1 unspecified atom stereocenters. The van der Waals surface area contributed by atoms with Crippen molar-refractivity contribution in [1.82, 2.24) is 0 Å². The molecule has 1 amide bonds. The number of rotatable bonds is 9. The Morgan fingerprint density at radius 2 is 1.55 bits per heavy atom. The summed E-state index contributed by atoms with van der Waals surface area (Å²) in [6, 6.07) is 17.6. The number of carbonyl (C=O) groups excluding carboxylic acids is 2. The van der Waals surface area contributed by atoms with Gasteiger partial charge in [0.25, 0.3) is 11.7 Å². The number of unbranched alkanes of at least 4 members (excludes halogenated alkanes) is 1. The van der Waals surface area contributed by atoms with E-state index >= 15 is 0 Å². The minimum atomic E-state index is -0.840. The molecule has 1 N–H and O–H groups in total. The number of anilines is 1. The molecule has 1 atom stereocenters. The molecule has 0 aromatic heterocycles. The zero-order valence-electron chi connectivity index (χ0n) is 22.1. The summed E-state index contributed by atoms with van der Waals surface area (Å²) in [6.07, 6.45) is 3.94. The largest absolute Gasteiger partial charge is 0.507 e. The Morgan fingerprint density at radius 1 is 0.921 bits per heavy atom. The van der Waals surface area contributed by atoms with Crippen LogP contribution in [0, 0.1) is 0 Å². The summed E-state index contributed by atoms with van der Waals surface area (Å²) in [5, 5.41) is 11.8. The van der Waals surface area contributed by atoms with E-state index in [9.17, 15) is 14.7 Å². The number of ketones is 1. The number of aliphatic hydroxyl groups is 1. The molecule has 1 saturated heterocycles. The molecule has 1 aliphatic rings. The summed E-state index contributed by atoms with van der Waals surface area (Å²) in [5.74, 6) is -1.24. The average Bonchev–Trinajstić information content (AvgIpc) is 3.21. The summed E-state index contributed by atoms with van der Waals surface area (Å²) in [7, 11) is 2.91. The first-order valence-corrected chi connectivity index (χ1v) is 13.1. The van der Waals surface area contributed by atoms with Gasteiger partial charge in [-0.25, -0.2) is 0 Å². The highest BCUT2D eigenvalue weighted by Gasteiger charge is 2.47. The minimum absolute atomic E-state index is 0.0335. The molecule has 0 radical (unpaired) electrons. The Morgan fingerprint density at radius 3 is 2.13 bits per heavy atom. The number of hydrogen-bond donors (Lipinski definition) is 1. The first-order valence-electron chi connectivity index (χ1n) is 12.7. The molecule has 1 fully saturated rings. The number of benzene rings is 3. The van der Waals surface area contributed by atoms with Gasteiger partial charge in [-0.3, -0.25) is 14.5 Å². The molecule has 0 spiro atoms. The third-order valence-electron chi connectivity index (χ3n) is 6.91. The van der Waals surface area contributed by atoms with Crippen molar-refractivity contribution in [2.24, 2.45) is 0 Å². The number of amides is 1. The summed E-state index contributed by atoms with van der Waals surface area (Å²) in [5.41, 5.74) is 3.73. The van der Waals surface area contributed by atoms with E-state index in [2.05, 4.69) is 13.8 Å². The van der Waals surface area contributed by atoms with E-state index in [4.69, 9.17) is 21.1 Å². The SMILES string of the molecule is CCCCc1ccc(N2C(=O)C(=O)/C(=C(/O)c3cc(Cl)c(OC)cc3OC)C2c2ccc(CC)cc2)cc1. The predicted octanol–water partition coefficient (Wildman–Crippen LogP) is 6.89. The fourth-order valence-corrected chi connectivity index (χ4v) is 4.98. The maximum atomic E-state index is 13.5. The number of halogens is 1. The summed E-state index contributed by atoms with van der Waals surface area (Å²) in [6.45, 7) is 4.20. The predicted molar refractivity (Wildman–Crippen MR) is 150 cm³/mol. The highest BCUT2D eigenvalue weighted by atomic mass is 35.5. The van der Waals surface area contributed by atoms with Crippen LogP contribution in [-0.4, -0.2) is 31.0 Å². The molecular weight excluding hydrogens is 502 g/mol. The zero-order valence-corrected chi connectivity index (χ0v) is 22.8. The lowest BCUT2D eigenvalue weighted by atomic mass is 9.94.